The number of ether oxygens (including phenoxy) is 1. The second-order valence-electron chi connectivity index (χ2n) is 4.95. The highest BCUT2D eigenvalue weighted by atomic mass is 35.5. The first-order valence-electron chi connectivity index (χ1n) is 6.63. The fourth-order valence-electron chi connectivity index (χ4n) is 1.96. The van der Waals surface area contributed by atoms with Crippen molar-refractivity contribution in [3.63, 3.8) is 0 Å². The zero-order valence-electron chi connectivity index (χ0n) is 12.4. The third kappa shape index (κ3) is 3.90. The van der Waals surface area contributed by atoms with Crippen LogP contribution in [0.25, 0.3) is 0 Å². The van der Waals surface area contributed by atoms with Gasteiger partial charge in [-0.1, -0.05) is 23.2 Å². The van der Waals surface area contributed by atoms with E-state index in [1.807, 2.05) is 6.92 Å². The predicted molar refractivity (Wildman–Crippen MR) is 84.6 cm³/mol. The lowest BCUT2D eigenvalue weighted by Crippen LogP contribution is -2.36. The number of nitrogens with one attached hydrogen (secondary N) is 1. The Balaban J connectivity index is 1.96. The molecule has 0 aliphatic heterocycles. The monoisotopic (exact) mass is 342 g/mol. The van der Waals surface area contributed by atoms with E-state index in [0.29, 0.717) is 33.7 Å². The van der Waals surface area contributed by atoms with Crippen LogP contribution in [0.3, 0.4) is 0 Å². The number of hydrogen-bond donors (Lipinski definition) is 1. The van der Waals surface area contributed by atoms with Crippen LogP contribution in [0, 0.1) is 6.92 Å². The lowest BCUT2D eigenvalue weighted by molar-refractivity contribution is 0.0720. The molecule has 0 fully saturated rings. The van der Waals surface area contributed by atoms with Crippen molar-refractivity contribution in [1.82, 2.24) is 20.3 Å². The van der Waals surface area contributed by atoms with E-state index in [0.717, 1.165) is 0 Å². The van der Waals surface area contributed by atoms with Crippen molar-refractivity contribution < 1.29 is 9.53 Å². The molecule has 6 nitrogen and oxygen atoms in total. The zero-order valence-corrected chi connectivity index (χ0v) is 13.9. The Kier molecular flexibility index (Phi) is 5.26. The molecule has 8 heteroatoms. The summed E-state index contributed by atoms with van der Waals surface area (Å²) in [5.41, 5.74) is 0.874. The van der Waals surface area contributed by atoms with E-state index in [1.165, 1.54) is 4.90 Å². The van der Waals surface area contributed by atoms with Gasteiger partial charge in [0.1, 0.15) is 11.9 Å². The molecule has 22 heavy (non-hydrogen) atoms. The number of amides is 1. The van der Waals surface area contributed by atoms with Crippen molar-refractivity contribution in [2.24, 2.45) is 0 Å². The highest BCUT2D eigenvalue weighted by Crippen LogP contribution is 2.26. The molecule has 0 aliphatic rings. The fraction of sp³-hybridized carbons (Fsp3) is 0.357. The second kappa shape index (κ2) is 6.98. The van der Waals surface area contributed by atoms with Gasteiger partial charge in [0.25, 0.3) is 5.91 Å². The van der Waals surface area contributed by atoms with Gasteiger partial charge in [0.2, 0.25) is 0 Å². The first-order valence-corrected chi connectivity index (χ1v) is 7.38. The Bertz CT molecular complexity index is 675. The number of H-pyrrole nitrogens is 1. The van der Waals surface area contributed by atoms with E-state index in [-0.39, 0.29) is 12.0 Å². The number of carbonyl (C=O) groups is 1. The van der Waals surface area contributed by atoms with Gasteiger partial charge in [0.15, 0.2) is 5.69 Å². The summed E-state index contributed by atoms with van der Waals surface area (Å²) in [4.78, 5) is 13.8. The molecular weight excluding hydrogens is 327 g/mol. The van der Waals surface area contributed by atoms with Crippen LogP contribution in [0.15, 0.2) is 18.2 Å². The van der Waals surface area contributed by atoms with Crippen molar-refractivity contribution in [2.45, 2.75) is 20.0 Å². The largest absolute Gasteiger partial charge is 0.489 e. The average molecular weight is 343 g/mol. The van der Waals surface area contributed by atoms with Gasteiger partial charge in [-0.05, 0) is 26.0 Å². The van der Waals surface area contributed by atoms with E-state index in [2.05, 4.69) is 15.4 Å². The van der Waals surface area contributed by atoms with Gasteiger partial charge in [-0.2, -0.15) is 15.4 Å². The van der Waals surface area contributed by atoms with Gasteiger partial charge in [0.05, 0.1) is 22.3 Å². The number of rotatable bonds is 5. The van der Waals surface area contributed by atoms with Gasteiger partial charge in [0, 0.05) is 13.1 Å². The van der Waals surface area contributed by atoms with Crippen molar-refractivity contribution in [3.05, 3.63) is 39.6 Å². The normalized spacial score (nSPS) is 12.0. The predicted octanol–water partition coefficient (Wildman–Crippen LogP) is 2.96. The Morgan fingerprint density at radius 1 is 1.36 bits per heavy atom. The smallest absolute Gasteiger partial charge is 0.276 e. The Morgan fingerprint density at radius 3 is 2.68 bits per heavy atom. The lowest BCUT2D eigenvalue weighted by atomic mass is 10.3. The SMILES string of the molecule is Cc1n[nH]nc1C(=O)N(C)CC(C)Oc1ccc(Cl)c(Cl)c1. The number of aromatic nitrogens is 3. The summed E-state index contributed by atoms with van der Waals surface area (Å²) in [6.45, 7) is 3.98. The molecule has 2 aromatic rings. The van der Waals surface area contributed by atoms with Crippen LogP contribution in [0.2, 0.25) is 10.0 Å². The third-order valence-corrected chi connectivity index (χ3v) is 3.77. The summed E-state index contributed by atoms with van der Waals surface area (Å²) in [6.07, 6.45) is -0.224. The van der Waals surface area contributed by atoms with Crippen molar-refractivity contribution in [2.75, 3.05) is 13.6 Å². The van der Waals surface area contributed by atoms with E-state index >= 15 is 0 Å². The standard InChI is InChI=1S/C14H16Cl2N4O2/c1-8(22-10-4-5-11(15)12(16)6-10)7-20(3)14(21)13-9(2)17-19-18-13/h4-6,8H,7H2,1-3H3,(H,17,18,19). The van der Waals surface area contributed by atoms with E-state index < -0.39 is 0 Å². The molecule has 0 bridgehead atoms. The third-order valence-electron chi connectivity index (χ3n) is 3.03. The van der Waals surface area contributed by atoms with Crippen molar-refractivity contribution in [3.8, 4) is 5.75 Å². The molecule has 1 aromatic carbocycles. The summed E-state index contributed by atoms with van der Waals surface area (Å²) in [7, 11) is 1.69. The van der Waals surface area contributed by atoms with Crippen molar-refractivity contribution >= 4 is 29.1 Å². The number of halogens is 2. The minimum absolute atomic E-state index is 0.212. The Labute approximate surface area is 138 Å². The molecule has 0 aliphatic carbocycles. The molecule has 1 amide bonds. The van der Waals surface area contributed by atoms with E-state index in [4.69, 9.17) is 27.9 Å². The summed E-state index contributed by atoms with van der Waals surface area (Å²) >= 11 is 11.8. The first-order chi connectivity index (χ1) is 10.4. The maximum absolute atomic E-state index is 12.2. The maximum Gasteiger partial charge on any atom is 0.276 e. The molecule has 118 valence electrons. The molecule has 0 radical (unpaired) electrons. The topological polar surface area (TPSA) is 71.1 Å². The minimum atomic E-state index is -0.224. The van der Waals surface area contributed by atoms with Crippen LogP contribution in [0.5, 0.6) is 5.75 Å². The summed E-state index contributed by atoms with van der Waals surface area (Å²) in [5.74, 6) is 0.385. The number of nitrogens with zero attached hydrogens (tertiary/aromatic N) is 3. The van der Waals surface area contributed by atoms with Crippen LogP contribution >= 0.6 is 23.2 Å². The quantitative estimate of drug-likeness (QED) is 0.906. The van der Waals surface area contributed by atoms with Crippen LogP contribution < -0.4 is 4.74 Å². The highest BCUT2D eigenvalue weighted by Gasteiger charge is 2.20. The Morgan fingerprint density at radius 2 is 2.09 bits per heavy atom. The number of aryl methyl sites for hydroxylation is 1. The van der Waals surface area contributed by atoms with Crippen LogP contribution in [0.4, 0.5) is 0 Å². The van der Waals surface area contributed by atoms with E-state index in [9.17, 15) is 4.79 Å². The molecule has 2 rings (SSSR count). The average Bonchev–Trinajstić information content (AvgIpc) is 2.88. The van der Waals surface area contributed by atoms with E-state index in [1.54, 1.807) is 32.2 Å². The van der Waals surface area contributed by atoms with Gasteiger partial charge in [-0.25, -0.2) is 0 Å². The zero-order chi connectivity index (χ0) is 16.3. The molecule has 1 heterocycles. The number of aromatic amines is 1. The number of carbonyl (C=O) groups excluding carboxylic acids is 1. The number of hydrogen-bond acceptors (Lipinski definition) is 4. The molecular formula is C14H16Cl2N4O2. The molecule has 1 atom stereocenters. The van der Waals surface area contributed by atoms with Gasteiger partial charge in [-0.15, -0.1) is 0 Å². The maximum atomic E-state index is 12.2. The summed E-state index contributed by atoms with van der Waals surface area (Å²) < 4.78 is 5.74. The molecule has 0 spiro atoms. The van der Waals surface area contributed by atoms with Gasteiger partial charge < -0.3 is 9.64 Å². The van der Waals surface area contributed by atoms with Gasteiger partial charge in [-0.3, -0.25) is 4.79 Å². The first kappa shape index (κ1) is 16.6. The van der Waals surface area contributed by atoms with Gasteiger partial charge >= 0.3 is 0 Å². The summed E-state index contributed by atoms with van der Waals surface area (Å²) in [5, 5.41) is 11.0. The highest BCUT2D eigenvalue weighted by molar-refractivity contribution is 6.42. The molecule has 0 saturated heterocycles. The number of likely N-dealkylation sites (N-methyl/N-ethyl adjacent to an activating group) is 1. The molecule has 1 N–H and O–H groups in total. The molecule has 0 saturated carbocycles. The minimum Gasteiger partial charge on any atom is -0.489 e. The summed E-state index contributed by atoms with van der Waals surface area (Å²) in [6, 6.07) is 5.04. The van der Waals surface area contributed by atoms with Crippen LogP contribution in [-0.4, -0.2) is 45.9 Å². The lowest BCUT2D eigenvalue weighted by Gasteiger charge is -2.22. The molecule has 1 unspecified atom stereocenters. The molecule has 1 aromatic heterocycles. The van der Waals surface area contributed by atoms with Crippen LogP contribution in [0.1, 0.15) is 23.1 Å². The van der Waals surface area contributed by atoms with Crippen LogP contribution in [-0.2, 0) is 0 Å². The number of benzene rings is 1. The Hall–Kier alpha value is -1.79. The fourth-order valence-corrected chi connectivity index (χ4v) is 2.24. The van der Waals surface area contributed by atoms with Crippen molar-refractivity contribution in [1.29, 1.82) is 0 Å². The second-order valence-corrected chi connectivity index (χ2v) is 5.76.